The predicted octanol–water partition coefficient (Wildman–Crippen LogP) is 2.64. The minimum atomic E-state index is -0.560. The fourth-order valence-electron chi connectivity index (χ4n) is 3.05. The van der Waals surface area contributed by atoms with E-state index in [2.05, 4.69) is 10.6 Å². The lowest BCUT2D eigenvalue weighted by atomic mass is 10.3. The van der Waals surface area contributed by atoms with Crippen LogP contribution in [0.1, 0.15) is 27.7 Å². The van der Waals surface area contributed by atoms with Crippen LogP contribution in [0.5, 0.6) is 23.0 Å². The highest BCUT2D eigenvalue weighted by Gasteiger charge is 2.07. The zero-order valence-electron chi connectivity index (χ0n) is 22.5. The topological polar surface area (TPSA) is 111 Å². The van der Waals surface area contributed by atoms with Gasteiger partial charge in [0.15, 0.2) is 0 Å². The molecule has 0 bridgehead atoms. The van der Waals surface area contributed by atoms with E-state index < -0.39 is 12.2 Å². The van der Waals surface area contributed by atoms with Crippen molar-refractivity contribution in [2.24, 2.45) is 0 Å². The number of rotatable bonds is 20. The first-order valence-corrected chi connectivity index (χ1v) is 12.9. The first kappa shape index (κ1) is 30.7. The van der Waals surface area contributed by atoms with E-state index in [9.17, 15) is 10.2 Å². The molecular weight excluding hydrogens is 476 g/mol. The second-order valence-corrected chi connectivity index (χ2v) is 9.31. The Labute approximate surface area is 221 Å². The molecule has 2 aromatic carbocycles. The number of ether oxygens (including phenoxy) is 5. The normalized spacial score (nSPS) is 13.0. The molecule has 2 rings (SSSR count). The molecule has 4 N–H and O–H groups in total. The van der Waals surface area contributed by atoms with Gasteiger partial charge in [0.05, 0.1) is 13.2 Å². The quantitative estimate of drug-likeness (QED) is 0.196. The van der Waals surface area contributed by atoms with E-state index in [0.29, 0.717) is 63.1 Å². The number of benzene rings is 2. The third kappa shape index (κ3) is 14.7. The van der Waals surface area contributed by atoms with Crippen molar-refractivity contribution in [3.05, 3.63) is 48.5 Å². The molecule has 0 amide bonds. The number of nitrogens with one attached hydrogen (secondary N) is 2. The highest BCUT2D eigenvalue weighted by Crippen LogP contribution is 2.18. The Morgan fingerprint density at radius 2 is 0.865 bits per heavy atom. The molecule has 0 heterocycles. The summed E-state index contributed by atoms with van der Waals surface area (Å²) in [6, 6.07) is 15.2. The molecule has 0 saturated carbocycles. The molecular formula is C28H44N2O7. The molecule has 0 aliphatic heterocycles. The van der Waals surface area contributed by atoms with Gasteiger partial charge in [-0.25, -0.2) is 0 Å². The smallest absolute Gasteiger partial charge is 0.119 e. The molecule has 2 aromatic rings. The molecule has 0 aromatic heterocycles. The summed E-state index contributed by atoms with van der Waals surface area (Å²) in [6.45, 7) is 11.3. The molecule has 0 aliphatic rings. The van der Waals surface area contributed by atoms with E-state index in [1.165, 1.54) is 0 Å². The number of hydrogen-bond donors (Lipinski definition) is 4. The fraction of sp³-hybridized carbons (Fsp3) is 0.571. The van der Waals surface area contributed by atoms with E-state index in [0.717, 1.165) is 11.5 Å². The van der Waals surface area contributed by atoms with Crippen molar-refractivity contribution in [1.82, 2.24) is 10.6 Å². The monoisotopic (exact) mass is 520 g/mol. The Morgan fingerprint density at radius 3 is 1.19 bits per heavy atom. The van der Waals surface area contributed by atoms with Gasteiger partial charge < -0.3 is 44.5 Å². The zero-order valence-corrected chi connectivity index (χ0v) is 22.5. The Hall–Kier alpha value is -2.56. The molecule has 0 unspecified atom stereocenters. The summed E-state index contributed by atoms with van der Waals surface area (Å²) < 4.78 is 28.1. The van der Waals surface area contributed by atoms with Crippen molar-refractivity contribution in [1.29, 1.82) is 0 Å². The van der Waals surface area contributed by atoms with E-state index in [-0.39, 0.29) is 13.2 Å². The van der Waals surface area contributed by atoms with Crippen molar-refractivity contribution in [2.45, 2.75) is 52.0 Å². The zero-order chi connectivity index (χ0) is 26.9. The van der Waals surface area contributed by atoms with Crippen LogP contribution in [-0.2, 0) is 4.74 Å². The summed E-state index contributed by atoms with van der Waals surface area (Å²) in [5, 5.41) is 26.2. The van der Waals surface area contributed by atoms with Gasteiger partial charge in [-0.05, 0) is 48.5 Å². The van der Waals surface area contributed by atoms with E-state index in [1.807, 2.05) is 76.2 Å². The van der Waals surface area contributed by atoms with E-state index >= 15 is 0 Å². The van der Waals surface area contributed by atoms with Gasteiger partial charge >= 0.3 is 0 Å². The van der Waals surface area contributed by atoms with Crippen LogP contribution >= 0.6 is 0 Å². The van der Waals surface area contributed by atoms with Gasteiger partial charge in [0.25, 0.3) is 0 Å². The maximum atomic E-state index is 9.91. The van der Waals surface area contributed by atoms with Crippen LogP contribution < -0.4 is 29.6 Å². The number of aliphatic hydroxyl groups is 2. The average molecular weight is 521 g/mol. The third-order valence-corrected chi connectivity index (χ3v) is 5.05. The summed E-state index contributed by atoms with van der Waals surface area (Å²) in [6.07, 6.45) is -1.12. The minimum absolute atomic E-state index is 0.231. The molecule has 0 aliphatic carbocycles. The fourth-order valence-corrected chi connectivity index (χ4v) is 3.05. The standard InChI is InChI=1S/C28H44N2O7/c1-21(2)29-17-23(31)19-36-27-9-5-25(6-10-27)34-15-13-33-14-16-35-26-7-11-28(12-8-26)37-20-24(32)18-30-22(3)4/h5-12,21-24,29-32H,13-20H2,1-4H3/t23-,24-/m0/s1. The second kappa shape index (κ2) is 17.8. The highest BCUT2D eigenvalue weighted by atomic mass is 16.5. The lowest BCUT2D eigenvalue weighted by Gasteiger charge is -2.15. The predicted molar refractivity (Wildman–Crippen MR) is 144 cm³/mol. The second-order valence-electron chi connectivity index (χ2n) is 9.31. The van der Waals surface area contributed by atoms with Crippen molar-refractivity contribution >= 4 is 0 Å². The summed E-state index contributed by atoms with van der Waals surface area (Å²) in [5.74, 6) is 2.81. The average Bonchev–Trinajstić information content (AvgIpc) is 2.89. The van der Waals surface area contributed by atoms with Gasteiger partial charge in [0.1, 0.15) is 61.6 Å². The van der Waals surface area contributed by atoms with Gasteiger partial charge in [-0.15, -0.1) is 0 Å². The molecule has 9 nitrogen and oxygen atoms in total. The van der Waals surface area contributed by atoms with Crippen LogP contribution in [0, 0.1) is 0 Å². The van der Waals surface area contributed by atoms with E-state index in [1.54, 1.807) is 0 Å². The Bertz CT molecular complexity index is 762. The van der Waals surface area contributed by atoms with Crippen molar-refractivity contribution < 1.29 is 33.9 Å². The largest absolute Gasteiger partial charge is 0.491 e. The number of aliphatic hydroxyl groups excluding tert-OH is 2. The van der Waals surface area contributed by atoms with Crippen LogP contribution in [0.2, 0.25) is 0 Å². The SMILES string of the molecule is CC(C)NC[C@H](O)COc1ccc(OCCOCCOc2ccc(OC[C@@H](O)CNC(C)C)cc2)cc1. The maximum Gasteiger partial charge on any atom is 0.119 e. The van der Waals surface area contributed by atoms with E-state index in [4.69, 9.17) is 23.7 Å². The lowest BCUT2D eigenvalue weighted by molar-refractivity contribution is 0.0763. The van der Waals surface area contributed by atoms with Crippen LogP contribution in [0.3, 0.4) is 0 Å². The molecule has 2 atom stereocenters. The summed E-state index contributed by atoms with van der Waals surface area (Å²) >= 11 is 0. The lowest BCUT2D eigenvalue weighted by Crippen LogP contribution is -2.35. The molecule has 0 fully saturated rings. The summed E-state index contributed by atoms with van der Waals surface area (Å²) in [7, 11) is 0. The summed E-state index contributed by atoms with van der Waals surface area (Å²) in [4.78, 5) is 0. The maximum absolute atomic E-state index is 9.91. The minimum Gasteiger partial charge on any atom is -0.491 e. The van der Waals surface area contributed by atoms with Crippen LogP contribution in [0.4, 0.5) is 0 Å². The van der Waals surface area contributed by atoms with Crippen LogP contribution in [-0.4, -0.2) is 87.2 Å². The van der Waals surface area contributed by atoms with Gasteiger partial charge in [-0.1, -0.05) is 27.7 Å². The van der Waals surface area contributed by atoms with Crippen molar-refractivity contribution in [2.75, 3.05) is 52.7 Å². The third-order valence-electron chi connectivity index (χ3n) is 5.05. The van der Waals surface area contributed by atoms with Gasteiger partial charge in [0, 0.05) is 25.2 Å². The first-order valence-electron chi connectivity index (χ1n) is 12.9. The molecule has 208 valence electrons. The first-order chi connectivity index (χ1) is 17.8. The Balaban J connectivity index is 1.51. The molecule has 0 spiro atoms. The molecule has 9 heteroatoms. The molecule has 37 heavy (non-hydrogen) atoms. The Morgan fingerprint density at radius 1 is 0.541 bits per heavy atom. The van der Waals surface area contributed by atoms with Crippen molar-refractivity contribution in [3.8, 4) is 23.0 Å². The van der Waals surface area contributed by atoms with Crippen LogP contribution in [0.15, 0.2) is 48.5 Å². The van der Waals surface area contributed by atoms with Gasteiger partial charge in [-0.3, -0.25) is 0 Å². The Kier molecular flexibility index (Phi) is 14.8. The van der Waals surface area contributed by atoms with Gasteiger partial charge in [-0.2, -0.15) is 0 Å². The number of hydrogen-bond acceptors (Lipinski definition) is 9. The molecule has 0 saturated heterocycles. The summed E-state index contributed by atoms with van der Waals surface area (Å²) in [5.41, 5.74) is 0. The van der Waals surface area contributed by atoms with Crippen molar-refractivity contribution in [3.63, 3.8) is 0 Å². The van der Waals surface area contributed by atoms with Crippen LogP contribution in [0.25, 0.3) is 0 Å². The van der Waals surface area contributed by atoms with Gasteiger partial charge in [0.2, 0.25) is 0 Å². The molecule has 0 radical (unpaired) electrons. The highest BCUT2D eigenvalue weighted by molar-refractivity contribution is 5.32.